The molecule has 0 radical (unpaired) electrons. The number of rotatable bonds is 6. The average Bonchev–Trinajstić information content (AvgIpc) is 3.32. The number of anilines is 1. The van der Waals surface area contributed by atoms with Crippen LogP contribution in [0.4, 0.5) is 5.13 Å². The molecule has 154 valence electrons. The van der Waals surface area contributed by atoms with Gasteiger partial charge in [-0.3, -0.25) is 19.3 Å². The molecule has 0 bridgehead atoms. The number of thiazole rings is 1. The Hall–Kier alpha value is -2.29. The third-order valence-corrected chi connectivity index (χ3v) is 6.40. The zero-order chi connectivity index (χ0) is 20.4. The van der Waals surface area contributed by atoms with Gasteiger partial charge in [-0.15, -0.1) is 0 Å². The molecule has 1 fully saturated rings. The third-order valence-electron chi connectivity index (χ3n) is 5.36. The third kappa shape index (κ3) is 4.49. The number of fused-ring (bicyclic) bond motifs is 1. The van der Waals surface area contributed by atoms with E-state index >= 15 is 0 Å². The monoisotopic (exact) mass is 413 g/mol. The molecule has 3 heterocycles. The molecule has 1 aliphatic heterocycles. The minimum atomic E-state index is -0.0972. The van der Waals surface area contributed by atoms with Crippen LogP contribution in [0, 0.1) is 13.8 Å². The fourth-order valence-electron chi connectivity index (χ4n) is 3.51. The fraction of sp³-hybridized carbons (Fsp3) is 0.476. The van der Waals surface area contributed by atoms with Crippen molar-refractivity contribution in [3.05, 3.63) is 41.2 Å². The Morgan fingerprint density at radius 3 is 2.72 bits per heavy atom. The van der Waals surface area contributed by atoms with Gasteiger partial charge in [0.1, 0.15) is 0 Å². The number of carbonyl (C=O) groups is 1. The van der Waals surface area contributed by atoms with E-state index in [0.717, 1.165) is 54.6 Å². The summed E-state index contributed by atoms with van der Waals surface area (Å²) in [6, 6.07) is 6.02. The van der Waals surface area contributed by atoms with E-state index < -0.39 is 0 Å². The molecule has 8 heteroatoms. The molecule has 0 saturated carbocycles. The minimum Gasteiger partial charge on any atom is -0.379 e. The topological polar surface area (TPSA) is 63.5 Å². The number of ether oxygens (including phenoxy) is 1. The maximum absolute atomic E-state index is 13.2. The molecular formula is C21H27N5O2S. The second-order valence-electron chi connectivity index (χ2n) is 7.54. The van der Waals surface area contributed by atoms with Crippen molar-refractivity contribution < 1.29 is 9.53 Å². The van der Waals surface area contributed by atoms with E-state index in [1.807, 2.05) is 7.05 Å². The maximum Gasteiger partial charge on any atom is 0.280 e. The van der Waals surface area contributed by atoms with E-state index in [1.165, 1.54) is 11.1 Å². The van der Waals surface area contributed by atoms with Gasteiger partial charge >= 0.3 is 0 Å². The van der Waals surface area contributed by atoms with Crippen LogP contribution in [-0.2, 0) is 11.8 Å². The first-order valence-electron chi connectivity index (χ1n) is 10.0. The molecule has 4 rings (SSSR count). The summed E-state index contributed by atoms with van der Waals surface area (Å²) in [6.07, 6.45) is 2.68. The number of aromatic nitrogens is 3. The lowest BCUT2D eigenvalue weighted by atomic mass is 10.1. The minimum absolute atomic E-state index is 0.0972. The molecule has 1 aliphatic rings. The Bertz CT molecular complexity index is 967. The Morgan fingerprint density at radius 2 is 2.00 bits per heavy atom. The van der Waals surface area contributed by atoms with Gasteiger partial charge < -0.3 is 4.74 Å². The van der Waals surface area contributed by atoms with E-state index in [9.17, 15) is 4.79 Å². The molecule has 0 N–H and O–H groups in total. The maximum atomic E-state index is 13.2. The van der Waals surface area contributed by atoms with E-state index in [1.54, 1.807) is 33.2 Å². The van der Waals surface area contributed by atoms with Crippen molar-refractivity contribution in [1.82, 2.24) is 19.7 Å². The summed E-state index contributed by atoms with van der Waals surface area (Å²) < 4.78 is 8.19. The van der Waals surface area contributed by atoms with Gasteiger partial charge in [-0.25, -0.2) is 4.98 Å². The number of amides is 1. The lowest BCUT2D eigenvalue weighted by molar-refractivity contribution is 0.0376. The summed E-state index contributed by atoms with van der Waals surface area (Å²) in [4.78, 5) is 22.2. The molecule has 0 spiro atoms. The summed E-state index contributed by atoms with van der Waals surface area (Å²) in [5.74, 6) is -0.0972. The molecule has 2 aromatic heterocycles. The summed E-state index contributed by atoms with van der Waals surface area (Å²) in [5.41, 5.74) is 3.84. The van der Waals surface area contributed by atoms with Gasteiger partial charge in [0.2, 0.25) is 0 Å². The lowest BCUT2D eigenvalue weighted by Crippen LogP contribution is -2.39. The van der Waals surface area contributed by atoms with Gasteiger partial charge in [-0.1, -0.05) is 11.3 Å². The van der Waals surface area contributed by atoms with Crippen molar-refractivity contribution in [3.63, 3.8) is 0 Å². The highest BCUT2D eigenvalue weighted by Gasteiger charge is 2.23. The van der Waals surface area contributed by atoms with Gasteiger partial charge in [0.05, 0.1) is 23.4 Å². The summed E-state index contributed by atoms with van der Waals surface area (Å²) in [7, 11) is 1.82. The molecular weight excluding hydrogens is 386 g/mol. The number of morpholine rings is 1. The number of hydrogen-bond acceptors (Lipinski definition) is 6. The number of hydrogen-bond donors (Lipinski definition) is 0. The quantitative estimate of drug-likeness (QED) is 0.622. The standard InChI is InChI=1S/C21H27N5O2S/c1-15-13-18-19(14-16(15)2)29-21(22-18)26(20(27)17-5-8-24(3)23-17)7-4-6-25-9-11-28-12-10-25/h5,8,13-14H,4,6-7,9-12H2,1-3H3. The highest BCUT2D eigenvalue weighted by Crippen LogP contribution is 2.31. The molecule has 1 saturated heterocycles. The molecule has 0 unspecified atom stereocenters. The normalized spacial score (nSPS) is 15.1. The van der Waals surface area contributed by atoms with Crippen molar-refractivity contribution in [2.45, 2.75) is 20.3 Å². The van der Waals surface area contributed by atoms with Crippen LogP contribution in [0.1, 0.15) is 28.0 Å². The van der Waals surface area contributed by atoms with Gasteiger partial charge in [0, 0.05) is 39.4 Å². The van der Waals surface area contributed by atoms with Crippen LogP contribution in [0.5, 0.6) is 0 Å². The summed E-state index contributed by atoms with van der Waals surface area (Å²) in [6.45, 7) is 9.23. The molecule has 1 aromatic carbocycles. The van der Waals surface area contributed by atoms with Crippen molar-refractivity contribution >= 4 is 32.6 Å². The molecule has 0 aliphatic carbocycles. The Kier molecular flexibility index (Phi) is 5.94. The first-order chi connectivity index (χ1) is 14.0. The molecule has 0 atom stereocenters. The number of nitrogens with zero attached hydrogens (tertiary/aromatic N) is 5. The molecule has 7 nitrogen and oxygen atoms in total. The van der Waals surface area contributed by atoms with E-state index in [2.05, 4.69) is 36.0 Å². The summed E-state index contributed by atoms with van der Waals surface area (Å²) in [5, 5.41) is 5.05. The molecule has 29 heavy (non-hydrogen) atoms. The smallest absolute Gasteiger partial charge is 0.280 e. The Labute approximate surface area is 174 Å². The van der Waals surface area contributed by atoms with Crippen molar-refractivity contribution in [2.75, 3.05) is 44.3 Å². The average molecular weight is 414 g/mol. The molecule has 3 aromatic rings. The second kappa shape index (κ2) is 8.61. The Morgan fingerprint density at radius 1 is 1.24 bits per heavy atom. The predicted octanol–water partition coefficient (Wildman–Crippen LogP) is 3.02. The van der Waals surface area contributed by atoms with Crippen LogP contribution in [0.3, 0.4) is 0 Å². The van der Waals surface area contributed by atoms with Crippen LogP contribution in [-0.4, -0.2) is 65.0 Å². The van der Waals surface area contributed by atoms with Crippen molar-refractivity contribution in [3.8, 4) is 0 Å². The lowest BCUT2D eigenvalue weighted by Gasteiger charge is -2.27. The zero-order valence-corrected chi connectivity index (χ0v) is 18.0. The molecule has 1 amide bonds. The second-order valence-corrected chi connectivity index (χ2v) is 8.55. The Balaban J connectivity index is 1.57. The largest absolute Gasteiger partial charge is 0.379 e. The van der Waals surface area contributed by atoms with Crippen LogP contribution in [0.25, 0.3) is 10.2 Å². The first-order valence-corrected chi connectivity index (χ1v) is 10.8. The van der Waals surface area contributed by atoms with E-state index in [4.69, 9.17) is 9.72 Å². The predicted molar refractivity (Wildman–Crippen MR) is 116 cm³/mol. The van der Waals surface area contributed by atoms with Crippen LogP contribution in [0.2, 0.25) is 0 Å². The zero-order valence-electron chi connectivity index (χ0n) is 17.2. The van der Waals surface area contributed by atoms with Crippen LogP contribution < -0.4 is 4.90 Å². The van der Waals surface area contributed by atoms with Gasteiger partial charge in [0.25, 0.3) is 5.91 Å². The highest BCUT2D eigenvalue weighted by atomic mass is 32.1. The van der Waals surface area contributed by atoms with E-state index in [0.29, 0.717) is 12.2 Å². The van der Waals surface area contributed by atoms with Crippen molar-refractivity contribution in [1.29, 1.82) is 0 Å². The summed E-state index contributed by atoms with van der Waals surface area (Å²) >= 11 is 1.57. The first kappa shape index (κ1) is 20.0. The highest BCUT2D eigenvalue weighted by molar-refractivity contribution is 7.22. The number of aryl methyl sites for hydroxylation is 3. The fourth-order valence-corrected chi connectivity index (χ4v) is 4.58. The van der Waals surface area contributed by atoms with Crippen molar-refractivity contribution in [2.24, 2.45) is 7.05 Å². The van der Waals surface area contributed by atoms with Crippen LogP contribution in [0.15, 0.2) is 24.4 Å². The van der Waals surface area contributed by atoms with Gasteiger partial charge in [-0.05, 0) is 49.6 Å². The van der Waals surface area contributed by atoms with Gasteiger partial charge in [0.15, 0.2) is 10.8 Å². The van der Waals surface area contributed by atoms with Gasteiger partial charge in [-0.2, -0.15) is 5.10 Å². The SMILES string of the molecule is Cc1cc2nc(N(CCCN3CCOCC3)C(=O)c3ccn(C)n3)sc2cc1C. The number of benzene rings is 1. The van der Waals surface area contributed by atoms with Crippen LogP contribution >= 0.6 is 11.3 Å². The van der Waals surface area contributed by atoms with E-state index in [-0.39, 0.29) is 5.91 Å². The number of carbonyl (C=O) groups excluding carboxylic acids is 1.